The van der Waals surface area contributed by atoms with Crippen LogP contribution in [0.15, 0.2) is 24.5 Å². The summed E-state index contributed by atoms with van der Waals surface area (Å²) in [5, 5.41) is 0.331. The normalized spacial score (nSPS) is 17.0. The van der Waals surface area contributed by atoms with Gasteiger partial charge in [0.05, 0.1) is 5.69 Å². The molecule has 4 nitrogen and oxygen atoms in total. The number of nitrogens with zero attached hydrogens (tertiary/aromatic N) is 2. The van der Waals surface area contributed by atoms with Crippen molar-refractivity contribution in [2.45, 2.75) is 18.8 Å². The molecule has 1 amide bonds. The molecular formula is C14H11ClFN3O. The zero-order valence-electron chi connectivity index (χ0n) is 10.4. The van der Waals surface area contributed by atoms with Crippen LogP contribution >= 0.6 is 11.6 Å². The Morgan fingerprint density at radius 2 is 2.10 bits per heavy atom. The number of benzene rings is 1. The third-order valence-electron chi connectivity index (χ3n) is 3.54. The lowest BCUT2D eigenvalue weighted by atomic mass is 9.95. The molecule has 0 fully saturated rings. The van der Waals surface area contributed by atoms with Crippen LogP contribution in [0.5, 0.6) is 0 Å². The van der Waals surface area contributed by atoms with Gasteiger partial charge in [-0.15, -0.1) is 0 Å². The number of aromatic nitrogens is 2. The van der Waals surface area contributed by atoms with E-state index in [2.05, 4.69) is 9.97 Å². The topological polar surface area (TPSA) is 68.9 Å². The van der Waals surface area contributed by atoms with Gasteiger partial charge in [-0.2, -0.15) is 0 Å². The monoisotopic (exact) mass is 291 g/mol. The minimum Gasteiger partial charge on any atom is -0.364 e. The van der Waals surface area contributed by atoms with Gasteiger partial charge in [0.15, 0.2) is 0 Å². The second-order valence-corrected chi connectivity index (χ2v) is 5.14. The lowest BCUT2D eigenvalue weighted by Gasteiger charge is -2.13. The van der Waals surface area contributed by atoms with Crippen molar-refractivity contribution in [3.63, 3.8) is 0 Å². The van der Waals surface area contributed by atoms with Crippen LogP contribution in [0, 0.1) is 5.82 Å². The molecule has 2 N–H and O–H groups in total. The first kappa shape index (κ1) is 13.0. The Balaban J connectivity index is 2.15. The van der Waals surface area contributed by atoms with Gasteiger partial charge in [-0.25, -0.2) is 9.37 Å². The van der Waals surface area contributed by atoms with Crippen molar-refractivity contribution in [3.8, 4) is 0 Å². The Hall–Kier alpha value is -2.01. The van der Waals surface area contributed by atoms with Crippen molar-refractivity contribution in [1.29, 1.82) is 0 Å². The Labute approximate surface area is 119 Å². The van der Waals surface area contributed by atoms with E-state index in [1.807, 2.05) is 0 Å². The molecule has 0 aliphatic heterocycles. The molecule has 1 aliphatic rings. The van der Waals surface area contributed by atoms with Crippen LogP contribution in [0.25, 0.3) is 0 Å². The predicted octanol–water partition coefficient (Wildman–Crippen LogP) is 2.45. The molecule has 1 aliphatic carbocycles. The smallest absolute Gasteiger partial charge is 0.269 e. The zero-order valence-corrected chi connectivity index (χ0v) is 11.2. The van der Waals surface area contributed by atoms with Gasteiger partial charge in [-0.05, 0) is 36.1 Å². The largest absolute Gasteiger partial charge is 0.364 e. The maximum atomic E-state index is 13.9. The molecule has 1 aromatic heterocycles. The molecule has 0 saturated heterocycles. The van der Waals surface area contributed by atoms with E-state index in [1.165, 1.54) is 18.5 Å². The fraction of sp³-hybridized carbons (Fsp3) is 0.214. The molecule has 0 saturated carbocycles. The number of fused-ring (bicyclic) bond motifs is 1. The number of primary amides is 1. The summed E-state index contributed by atoms with van der Waals surface area (Å²) in [7, 11) is 0. The van der Waals surface area contributed by atoms with E-state index in [0.717, 1.165) is 5.56 Å². The highest BCUT2D eigenvalue weighted by Gasteiger charge is 2.31. The van der Waals surface area contributed by atoms with E-state index < -0.39 is 5.91 Å². The number of amides is 1. The number of halogens is 2. The van der Waals surface area contributed by atoms with Crippen LogP contribution in [0.1, 0.15) is 39.6 Å². The minimum atomic E-state index is -0.635. The summed E-state index contributed by atoms with van der Waals surface area (Å²) in [6, 6.07) is 3.02. The molecule has 3 rings (SSSR count). The van der Waals surface area contributed by atoms with Crippen LogP contribution in [-0.2, 0) is 6.42 Å². The van der Waals surface area contributed by atoms with Crippen molar-refractivity contribution in [2.75, 3.05) is 0 Å². The highest BCUT2D eigenvalue weighted by Crippen LogP contribution is 2.40. The van der Waals surface area contributed by atoms with Gasteiger partial charge in [0, 0.05) is 23.3 Å². The molecule has 1 atom stereocenters. The van der Waals surface area contributed by atoms with Crippen molar-refractivity contribution in [1.82, 2.24) is 9.97 Å². The Bertz CT molecular complexity index is 705. The van der Waals surface area contributed by atoms with Gasteiger partial charge < -0.3 is 5.73 Å². The number of rotatable bonds is 2. The first-order valence-electron chi connectivity index (χ1n) is 6.16. The molecule has 0 radical (unpaired) electrons. The molecule has 0 unspecified atom stereocenters. The fourth-order valence-electron chi connectivity index (χ4n) is 2.72. The quantitative estimate of drug-likeness (QED) is 0.924. The summed E-state index contributed by atoms with van der Waals surface area (Å²) in [5.41, 5.74) is 7.32. The lowest BCUT2D eigenvalue weighted by molar-refractivity contribution is 0.0993. The summed E-state index contributed by atoms with van der Waals surface area (Å²) in [6.45, 7) is 0. The second kappa shape index (κ2) is 4.83. The van der Waals surface area contributed by atoms with Crippen molar-refractivity contribution < 1.29 is 9.18 Å². The van der Waals surface area contributed by atoms with Gasteiger partial charge in [-0.1, -0.05) is 11.6 Å². The summed E-state index contributed by atoms with van der Waals surface area (Å²) >= 11 is 5.92. The average molecular weight is 292 g/mol. The maximum absolute atomic E-state index is 13.9. The van der Waals surface area contributed by atoms with Crippen molar-refractivity contribution in [2.24, 2.45) is 5.73 Å². The van der Waals surface area contributed by atoms with Gasteiger partial charge in [0.25, 0.3) is 5.91 Å². The van der Waals surface area contributed by atoms with Crippen LogP contribution < -0.4 is 5.73 Å². The molecule has 102 valence electrons. The number of hydrogen-bond acceptors (Lipinski definition) is 3. The molecular weight excluding hydrogens is 281 g/mol. The maximum Gasteiger partial charge on any atom is 0.269 e. The Morgan fingerprint density at radius 3 is 2.85 bits per heavy atom. The number of nitrogens with two attached hydrogens (primary N) is 1. The van der Waals surface area contributed by atoms with E-state index in [0.29, 0.717) is 29.1 Å². The zero-order chi connectivity index (χ0) is 14.3. The highest BCUT2D eigenvalue weighted by molar-refractivity contribution is 6.30. The third-order valence-corrected chi connectivity index (χ3v) is 3.76. The number of carbonyl (C=O) groups excluding carboxylic acids is 1. The first-order chi connectivity index (χ1) is 9.58. The molecule has 0 spiro atoms. The van der Waals surface area contributed by atoms with E-state index in [9.17, 15) is 9.18 Å². The standard InChI is InChI=1S/C14H11ClFN3O/c15-7-5-10-8(11(16)6-7)1-2-9(10)12-13(14(17)20)19-4-3-18-12/h3-6,9H,1-2H2,(H2,17,20)/t9-/m1/s1. The highest BCUT2D eigenvalue weighted by atomic mass is 35.5. The minimum absolute atomic E-state index is 0.130. The number of hydrogen-bond donors (Lipinski definition) is 1. The first-order valence-corrected chi connectivity index (χ1v) is 6.54. The van der Waals surface area contributed by atoms with E-state index in [4.69, 9.17) is 17.3 Å². The molecule has 2 aromatic rings. The van der Waals surface area contributed by atoms with E-state index in [1.54, 1.807) is 6.07 Å². The summed E-state index contributed by atoms with van der Waals surface area (Å²) in [4.78, 5) is 19.6. The SMILES string of the molecule is NC(=O)c1nccnc1[C@@H]1CCc2c(F)cc(Cl)cc21. The van der Waals surface area contributed by atoms with Crippen LogP contribution in [-0.4, -0.2) is 15.9 Å². The van der Waals surface area contributed by atoms with Gasteiger partial charge >= 0.3 is 0 Å². The van der Waals surface area contributed by atoms with Gasteiger partial charge in [0.1, 0.15) is 11.5 Å². The van der Waals surface area contributed by atoms with Gasteiger partial charge in [0.2, 0.25) is 0 Å². The molecule has 6 heteroatoms. The predicted molar refractivity (Wildman–Crippen MR) is 72.1 cm³/mol. The third kappa shape index (κ3) is 2.04. The van der Waals surface area contributed by atoms with Gasteiger partial charge in [-0.3, -0.25) is 9.78 Å². The lowest BCUT2D eigenvalue weighted by Crippen LogP contribution is -2.18. The fourth-order valence-corrected chi connectivity index (χ4v) is 2.93. The second-order valence-electron chi connectivity index (χ2n) is 4.70. The number of carbonyl (C=O) groups is 1. The van der Waals surface area contributed by atoms with Crippen molar-refractivity contribution in [3.05, 3.63) is 57.9 Å². The van der Waals surface area contributed by atoms with Crippen LogP contribution in [0.4, 0.5) is 4.39 Å². The van der Waals surface area contributed by atoms with Crippen LogP contribution in [0.2, 0.25) is 5.02 Å². The molecule has 1 aromatic carbocycles. The van der Waals surface area contributed by atoms with E-state index in [-0.39, 0.29) is 17.4 Å². The average Bonchev–Trinajstić information content (AvgIpc) is 2.82. The molecule has 1 heterocycles. The van der Waals surface area contributed by atoms with Crippen LogP contribution in [0.3, 0.4) is 0 Å². The summed E-state index contributed by atoms with van der Waals surface area (Å²) < 4.78 is 13.9. The summed E-state index contributed by atoms with van der Waals surface area (Å²) in [6.07, 6.45) is 4.15. The summed E-state index contributed by atoms with van der Waals surface area (Å²) in [5.74, 6) is -1.15. The molecule has 20 heavy (non-hydrogen) atoms. The Kier molecular flexibility index (Phi) is 3.14. The Morgan fingerprint density at radius 1 is 1.35 bits per heavy atom. The molecule has 0 bridgehead atoms. The van der Waals surface area contributed by atoms with E-state index >= 15 is 0 Å². The van der Waals surface area contributed by atoms with Crippen molar-refractivity contribution >= 4 is 17.5 Å².